The van der Waals surface area contributed by atoms with E-state index in [2.05, 4.69) is 86.8 Å². The Morgan fingerprint density at radius 1 is 0.525 bits per heavy atom. The summed E-state index contributed by atoms with van der Waals surface area (Å²) in [6, 6.07) is 0. The van der Waals surface area contributed by atoms with Gasteiger partial charge in [-0.3, -0.25) is 18.6 Å². The van der Waals surface area contributed by atoms with Gasteiger partial charge in [0.1, 0.15) is 6.61 Å². The second-order valence-corrected chi connectivity index (χ2v) is 16.3. The zero-order chi connectivity index (χ0) is 43.2. The SMILES string of the molecule is CC/C=C\C/C=C\C/C=C\C/C=C\C/C=C\C/C=C\CCC(=O)O[C@H](COC(=O)CCCCCCCCC/C=C\CCCCCCCCCC)COP(=O)(O)OCCN. The Hall–Kier alpha value is -2.81. The lowest BCUT2D eigenvalue weighted by Crippen LogP contribution is -2.29. The van der Waals surface area contributed by atoms with E-state index in [4.69, 9.17) is 24.3 Å². The van der Waals surface area contributed by atoms with Crippen molar-refractivity contribution in [2.75, 3.05) is 26.4 Å². The molecule has 0 aliphatic carbocycles. The molecule has 0 rings (SSSR count). The number of allylic oxidation sites excluding steroid dienone is 14. The molecule has 0 aromatic rings. The number of esters is 2. The van der Waals surface area contributed by atoms with E-state index in [9.17, 15) is 19.0 Å². The lowest BCUT2D eigenvalue weighted by atomic mass is 10.1. The molecule has 0 bridgehead atoms. The first-order valence-electron chi connectivity index (χ1n) is 23.1. The highest BCUT2D eigenvalue weighted by molar-refractivity contribution is 7.47. The van der Waals surface area contributed by atoms with E-state index in [1.165, 1.54) is 77.0 Å². The largest absolute Gasteiger partial charge is 0.472 e. The highest BCUT2D eigenvalue weighted by Gasteiger charge is 2.25. The number of phosphoric ester groups is 1. The van der Waals surface area contributed by atoms with Gasteiger partial charge in [0, 0.05) is 19.4 Å². The standard InChI is InChI=1S/C49H84NO8P/c1-3-5-7-9-11-13-15-17-19-21-23-25-27-29-31-33-35-37-39-41-48(51)55-45-47(46-57-59(53,54)56-44-43-50)58-49(52)42-40-38-36-34-32-30-28-26-24-22-20-18-16-14-12-10-8-6-4-2/h6,8,12,14,18,20-21,23-24,26,30,32,36,38,47H,3-5,7,9-11,13,15-17,19,22,25,27-29,31,33-35,37,39-46,50H2,1-2H3,(H,53,54)/b8-6-,14-12-,20-18-,23-21-,26-24-,32-30-,38-36-/t47-/m1/s1. The molecule has 338 valence electrons. The fraction of sp³-hybridized carbons (Fsp3) is 0.673. The van der Waals surface area contributed by atoms with Crippen molar-refractivity contribution in [2.45, 2.75) is 187 Å². The van der Waals surface area contributed by atoms with Crippen molar-refractivity contribution in [1.29, 1.82) is 0 Å². The molecule has 10 heteroatoms. The Morgan fingerprint density at radius 3 is 1.46 bits per heavy atom. The average Bonchev–Trinajstić information content (AvgIpc) is 3.22. The van der Waals surface area contributed by atoms with Crippen LogP contribution in [-0.2, 0) is 32.7 Å². The topological polar surface area (TPSA) is 134 Å². The van der Waals surface area contributed by atoms with Crippen molar-refractivity contribution in [2.24, 2.45) is 5.73 Å². The molecule has 0 spiro atoms. The van der Waals surface area contributed by atoms with Crippen molar-refractivity contribution in [3.8, 4) is 0 Å². The van der Waals surface area contributed by atoms with Gasteiger partial charge < -0.3 is 20.1 Å². The van der Waals surface area contributed by atoms with E-state index < -0.39 is 32.5 Å². The van der Waals surface area contributed by atoms with Crippen LogP contribution in [0.2, 0.25) is 0 Å². The molecular weight excluding hydrogens is 762 g/mol. The third kappa shape index (κ3) is 44.6. The van der Waals surface area contributed by atoms with E-state index in [0.29, 0.717) is 12.8 Å². The summed E-state index contributed by atoms with van der Waals surface area (Å²) in [5.41, 5.74) is 5.35. The summed E-state index contributed by atoms with van der Waals surface area (Å²) in [7, 11) is -4.41. The van der Waals surface area contributed by atoms with Crippen LogP contribution in [0.15, 0.2) is 85.1 Å². The number of hydrogen-bond donors (Lipinski definition) is 2. The number of hydrogen-bond acceptors (Lipinski definition) is 8. The number of phosphoric acid groups is 1. The predicted molar refractivity (Wildman–Crippen MR) is 247 cm³/mol. The molecule has 9 nitrogen and oxygen atoms in total. The summed E-state index contributed by atoms with van der Waals surface area (Å²) in [6.07, 6.45) is 56.3. The minimum Gasteiger partial charge on any atom is -0.462 e. The number of carbonyl (C=O) groups excluding carboxylic acids is 2. The maximum absolute atomic E-state index is 12.6. The Bertz CT molecular complexity index is 1240. The Kier molecular flexibility index (Phi) is 42.6. The molecule has 0 amide bonds. The fourth-order valence-electron chi connectivity index (χ4n) is 5.89. The summed E-state index contributed by atoms with van der Waals surface area (Å²) >= 11 is 0. The molecule has 0 fully saturated rings. The molecule has 3 N–H and O–H groups in total. The van der Waals surface area contributed by atoms with Gasteiger partial charge in [-0.1, -0.05) is 176 Å². The number of ether oxygens (including phenoxy) is 2. The van der Waals surface area contributed by atoms with Crippen LogP contribution in [0.5, 0.6) is 0 Å². The molecule has 0 aromatic heterocycles. The second kappa shape index (κ2) is 44.7. The molecular formula is C49H84NO8P. The van der Waals surface area contributed by atoms with Crippen LogP contribution < -0.4 is 5.73 Å². The van der Waals surface area contributed by atoms with Crippen molar-refractivity contribution >= 4 is 19.8 Å². The lowest BCUT2D eigenvalue weighted by Gasteiger charge is -2.19. The summed E-state index contributed by atoms with van der Waals surface area (Å²) in [5.74, 6) is -0.936. The third-order valence-electron chi connectivity index (χ3n) is 9.28. The molecule has 0 saturated carbocycles. The van der Waals surface area contributed by atoms with Gasteiger partial charge >= 0.3 is 19.8 Å². The van der Waals surface area contributed by atoms with Crippen molar-refractivity contribution in [3.05, 3.63) is 85.1 Å². The summed E-state index contributed by atoms with van der Waals surface area (Å²) in [6.45, 7) is 3.52. The van der Waals surface area contributed by atoms with Gasteiger partial charge in [0.2, 0.25) is 0 Å². The van der Waals surface area contributed by atoms with Gasteiger partial charge in [0.15, 0.2) is 6.10 Å². The molecule has 59 heavy (non-hydrogen) atoms. The second-order valence-electron chi connectivity index (χ2n) is 14.9. The zero-order valence-electron chi connectivity index (χ0n) is 37.2. The lowest BCUT2D eigenvalue weighted by molar-refractivity contribution is -0.161. The highest BCUT2D eigenvalue weighted by atomic mass is 31.2. The van der Waals surface area contributed by atoms with Crippen LogP contribution in [0.3, 0.4) is 0 Å². The van der Waals surface area contributed by atoms with Crippen molar-refractivity contribution in [1.82, 2.24) is 0 Å². The predicted octanol–water partition coefficient (Wildman–Crippen LogP) is 13.6. The molecule has 2 atom stereocenters. The van der Waals surface area contributed by atoms with E-state index in [1.807, 2.05) is 12.2 Å². The molecule has 0 radical (unpaired) electrons. The van der Waals surface area contributed by atoms with Gasteiger partial charge in [-0.2, -0.15) is 0 Å². The first kappa shape index (κ1) is 56.2. The van der Waals surface area contributed by atoms with Crippen molar-refractivity contribution < 1.29 is 37.6 Å². The van der Waals surface area contributed by atoms with E-state index in [1.54, 1.807) is 0 Å². The molecule has 1 unspecified atom stereocenters. The zero-order valence-corrected chi connectivity index (χ0v) is 38.1. The van der Waals surface area contributed by atoms with Gasteiger partial charge in [-0.25, -0.2) is 4.57 Å². The quantitative estimate of drug-likeness (QED) is 0.0266. The maximum Gasteiger partial charge on any atom is 0.472 e. The number of carbonyl (C=O) groups is 2. The summed E-state index contributed by atoms with van der Waals surface area (Å²) < 4.78 is 32.7. The van der Waals surface area contributed by atoms with Crippen LogP contribution in [-0.4, -0.2) is 49.3 Å². The third-order valence-corrected chi connectivity index (χ3v) is 10.3. The van der Waals surface area contributed by atoms with E-state index in [-0.39, 0.29) is 32.6 Å². The van der Waals surface area contributed by atoms with Crippen LogP contribution in [0.4, 0.5) is 0 Å². The van der Waals surface area contributed by atoms with Crippen molar-refractivity contribution in [3.63, 3.8) is 0 Å². The van der Waals surface area contributed by atoms with Gasteiger partial charge in [-0.15, -0.1) is 0 Å². The minimum atomic E-state index is -4.41. The smallest absolute Gasteiger partial charge is 0.462 e. The molecule has 0 saturated heterocycles. The molecule has 0 aromatic carbocycles. The van der Waals surface area contributed by atoms with Gasteiger partial charge in [0.05, 0.1) is 13.2 Å². The van der Waals surface area contributed by atoms with Crippen LogP contribution in [0.25, 0.3) is 0 Å². The Balaban J connectivity index is 4.25. The van der Waals surface area contributed by atoms with Crippen LogP contribution in [0, 0.1) is 0 Å². The normalized spacial score (nSPS) is 14.0. The average molecular weight is 846 g/mol. The first-order chi connectivity index (χ1) is 28.8. The number of rotatable bonds is 42. The first-order valence-corrected chi connectivity index (χ1v) is 24.6. The van der Waals surface area contributed by atoms with Crippen LogP contribution in [0.1, 0.15) is 181 Å². The summed E-state index contributed by atoms with van der Waals surface area (Å²) in [5, 5.41) is 0. The van der Waals surface area contributed by atoms with Crippen LogP contribution >= 0.6 is 7.82 Å². The van der Waals surface area contributed by atoms with Gasteiger partial charge in [-0.05, 0) is 77.0 Å². The van der Waals surface area contributed by atoms with E-state index in [0.717, 1.165) is 64.2 Å². The minimum absolute atomic E-state index is 0.0373. The maximum atomic E-state index is 12.6. The fourth-order valence-corrected chi connectivity index (χ4v) is 6.65. The Morgan fingerprint density at radius 2 is 0.966 bits per heavy atom. The van der Waals surface area contributed by atoms with E-state index >= 15 is 0 Å². The number of nitrogens with two attached hydrogens (primary N) is 1. The summed E-state index contributed by atoms with van der Waals surface area (Å²) in [4.78, 5) is 34.9. The Labute approximate surface area is 360 Å². The molecule has 0 heterocycles. The highest BCUT2D eigenvalue weighted by Crippen LogP contribution is 2.43. The van der Waals surface area contributed by atoms with Gasteiger partial charge in [0.25, 0.3) is 0 Å². The monoisotopic (exact) mass is 846 g/mol. The number of unbranched alkanes of at least 4 members (excludes halogenated alkanes) is 15. The molecule has 0 aliphatic rings. The molecule has 0 aliphatic heterocycles.